The molecule has 0 unspecified atom stereocenters. The number of ether oxygens (including phenoxy) is 3. The lowest BCUT2D eigenvalue weighted by atomic mass is 9.99. The topological polar surface area (TPSA) is 115 Å². The summed E-state index contributed by atoms with van der Waals surface area (Å²) in [5.74, 6) is -0.839. The summed E-state index contributed by atoms with van der Waals surface area (Å²) in [4.78, 5) is 23.7. The molecule has 0 amide bonds. The highest BCUT2D eigenvalue weighted by atomic mass is 16.5. The van der Waals surface area contributed by atoms with Crippen LogP contribution < -0.4 is 14.2 Å². The van der Waals surface area contributed by atoms with Crippen LogP contribution >= 0.6 is 0 Å². The zero-order valence-electron chi connectivity index (χ0n) is 15.2. The second-order valence-corrected chi connectivity index (χ2v) is 5.89. The minimum atomic E-state index is -1.16. The third kappa shape index (κ3) is 3.71. The number of phenols is 1. The molecule has 0 fully saturated rings. The SMILES string of the molecule is COc1cc(CC(=O)c2ccc3occc3c2O)c(OCC(=O)O)cc1OC. The van der Waals surface area contributed by atoms with Crippen LogP contribution in [0.2, 0.25) is 0 Å². The lowest BCUT2D eigenvalue weighted by Gasteiger charge is -2.15. The Bertz CT molecular complexity index is 1030. The van der Waals surface area contributed by atoms with Gasteiger partial charge in [0.05, 0.1) is 31.4 Å². The molecule has 8 nitrogen and oxygen atoms in total. The van der Waals surface area contributed by atoms with Crippen LogP contribution in [-0.2, 0) is 11.2 Å². The molecule has 0 aliphatic carbocycles. The highest BCUT2D eigenvalue weighted by Crippen LogP contribution is 2.36. The number of fused-ring (bicyclic) bond motifs is 1. The number of carboxylic acids is 1. The third-order valence-electron chi connectivity index (χ3n) is 4.18. The minimum Gasteiger partial charge on any atom is -0.506 e. The van der Waals surface area contributed by atoms with Crippen molar-refractivity contribution in [1.29, 1.82) is 0 Å². The molecule has 0 bridgehead atoms. The van der Waals surface area contributed by atoms with Crippen LogP contribution in [-0.4, -0.2) is 42.8 Å². The predicted octanol–water partition coefficient (Wildman–Crippen LogP) is 3.04. The lowest BCUT2D eigenvalue weighted by molar-refractivity contribution is -0.139. The summed E-state index contributed by atoms with van der Waals surface area (Å²) < 4.78 is 20.9. The Morgan fingerprint density at radius 1 is 1.04 bits per heavy atom. The quantitative estimate of drug-likeness (QED) is 0.568. The molecule has 28 heavy (non-hydrogen) atoms. The highest BCUT2D eigenvalue weighted by molar-refractivity contribution is 6.04. The molecule has 0 spiro atoms. The van der Waals surface area contributed by atoms with E-state index in [9.17, 15) is 14.7 Å². The number of phenolic OH excluding ortho intramolecular Hbond substituents is 1. The van der Waals surface area contributed by atoms with Crippen molar-refractivity contribution in [2.75, 3.05) is 20.8 Å². The smallest absolute Gasteiger partial charge is 0.341 e. The van der Waals surface area contributed by atoms with Gasteiger partial charge in [-0.3, -0.25) is 4.79 Å². The summed E-state index contributed by atoms with van der Waals surface area (Å²) in [6, 6.07) is 7.64. The van der Waals surface area contributed by atoms with Crippen molar-refractivity contribution < 1.29 is 38.4 Å². The molecule has 0 saturated heterocycles. The van der Waals surface area contributed by atoms with Gasteiger partial charge in [0.1, 0.15) is 17.1 Å². The molecule has 0 saturated carbocycles. The summed E-state index contributed by atoms with van der Waals surface area (Å²) in [6.45, 7) is -0.580. The summed E-state index contributed by atoms with van der Waals surface area (Å²) in [6.07, 6.45) is 1.27. The molecule has 1 heterocycles. The summed E-state index contributed by atoms with van der Waals surface area (Å²) in [5, 5.41) is 19.7. The first-order valence-corrected chi connectivity index (χ1v) is 8.26. The first kappa shape index (κ1) is 19.1. The molecule has 3 rings (SSSR count). The maximum Gasteiger partial charge on any atom is 0.341 e. The van der Waals surface area contributed by atoms with Gasteiger partial charge in [0.15, 0.2) is 23.9 Å². The number of ketones is 1. The average Bonchev–Trinajstić information content (AvgIpc) is 3.16. The van der Waals surface area contributed by atoms with Gasteiger partial charge >= 0.3 is 5.97 Å². The number of Topliss-reactive ketones (excluding diaryl/α,β-unsaturated/α-hetero) is 1. The Hall–Kier alpha value is -3.68. The molecule has 0 radical (unpaired) electrons. The summed E-state index contributed by atoms with van der Waals surface area (Å²) in [5.41, 5.74) is 0.981. The Morgan fingerprint density at radius 2 is 1.75 bits per heavy atom. The zero-order valence-corrected chi connectivity index (χ0v) is 15.2. The summed E-state index contributed by atoms with van der Waals surface area (Å²) in [7, 11) is 2.88. The van der Waals surface area contributed by atoms with Gasteiger partial charge in [-0.15, -0.1) is 0 Å². The fourth-order valence-electron chi connectivity index (χ4n) is 2.84. The molecule has 2 aromatic carbocycles. The van der Waals surface area contributed by atoms with Gasteiger partial charge in [0, 0.05) is 18.1 Å². The molecule has 146 valence electrons. The van der Waals surface area contributed by atoms with Crippen molar-refractivity contribution in [3.63, 3.8) is 0 Å². The number of aromatic hydroxyl groups is 1. The fraction of sp³-hybridized carbons (Fsp3) is 0.200. The Morgan fingerprint density at radius 3 is 2.43 bits per heavy atom. The Labute approximate surface area is 159 Å². The Balaban J connectivity index is 1.97. The van der Waals surface area contributed by atoms with E-state index >= 15 is 0 Å². The number of carbonyl (C=O) groups excluding carboxylic acids is 1. The van der Waals surface area contributed by atoms with Crippen LogP contribution in [0, 0.1) is 0 Å². The molecule has 0 atom stereocenters. The molecule has 2 N–H and O–H groups in total. The molecule has 8 heteroatoms. The van der Waals surface area contributed by atoms with Gasteiger partial charge in [-0.25, -0.2) is 4.79 Å². The second kappa shape index (κ2) is 7.91. The number of furan rings is 1. The van der Waals surface area contributed by atoms with Gasteiger partial charge in [-0.05, 0) is 24.3 Å². The van der Waals surface area contributed by atoms with Crippen LogP contribution in [0.25, 0.3) is 11.0 Å². The van der Waals surface area contributed by atoms with E-state index in [4.69, 9.17) is 23.7 Å². The fourth-order valence-corrected chi connectivity index (χ4v) is 2.84. The van der Waals surface area contributed by atoms with E-state index in [1.54, 1.807) is 18.2 Å². The average molecular weight is 386 g/mol. The number of carbonyl (C=O) groups is 2. The van der Waals surface area contributed by atoms with Gasteiger partial charge < -0.3 is 28.8 Å². The largest absolute Gasteiger partial charge is 0.506 e. The van der Waals surface area contributed by atoms with Gasteiger partial charge in [0.25, 0.3) is 0 Å². The van der Waals surface area contributed by atoms with Crippen molar-refractivity contribution in [1.82, 2.24) is 0 Å². The van der Waals surface area contributed by atoms with Crippen molar-refractivity contribution in [2.45, 2.75) is 6.42 Å². The molecular weight excluding hydrogens is 368 g/mol. The first-order valence-electron chi connectivity index (χ1n) is 8.26. The minimum absolute atomic E-state index is 0.118. The van der Waals surface area contributed by atoms with E-state index in [2.05, 4.69) is 0 Å². The number of hydrogen-bond donors (Lipinski definition) is 2. The molecule has 0 aliphatic heterocycles. The van der Waals surface area contributed by atoms with Crippen LogP contribution in [0.4, 0.5) is 0 Å². The van der Waals surface area contributed by atoms with Gasteiger partial charge in [-0.1, -0.05) is 0 Å². The number of carboxylic acid groups (broad SMARTS) is 1. The van der Waals surface area contributed by atoms with Crippen molar-refractivity contribution in [3.8, 4) is 23.0 Å². The first-order chi connectivity index (χ1) is 13.4. The number of aliphatic carboxylic acids is 1. The van der Waals surface area contributed by atoms with E-state index in [-0.39, 0.29) is 29.3 Å². The highest BCUT2D eigenvalue weighted by Gasteiger charge is 2.20. The molecule has 1 aromatic heterocycles. The predicted molar refractivity (Wildman–Crippen MR) is 98.6 cm³/mol. The third-order valence-corrected chi connectivity index (χ3v) is 4.18. The van der Waals surface area contributed by atoms with Crippen molar-refractivity contribution in [3.05, 3.63) is 47.7 Å². The van der Waals surface area contributed by atoms with Crippen LogP contribution in [0.1, 0.15) is 15.9 Å². The number of methoxy groups -OCH3 is 2. The summed E-state index contributed by atoms with van der Waals surface area (Å²) >= 11 is 0. The van der Waals surface area contributed by atoms with Crippen LogP contribution in [0.5, 0.6) is 23.0 Å². The van der Waals surface area contributed by atoms with E-state index in [1.165, 1.54) is 32.6 Å². The number of rotatable bonds is 8. The normalized spacial score (nSPS) is 10.6. The van der Waals surface area contributed by atoms with E-state index < -0.39 is 12.6 Å². The second-order valence-electron chi connectivity index (χ2n) is 5.89. The number of benzene rings is 2. The maximum atomic E-state index is 12.8. The maximum absolute atomic E-state index is 12.8. The van der Waals surface area contributed by atoms with E-state index in [1.807, 2.05) is 0 Å². The van der Waals surface area contributed by atoms with Crippen molar-refractivity contribution >= 4 is 22.7 Å². The molecular formula is C20H18O8. The number of hydrogen-bond acceptors (Lipinski definition) is 7. The lowest BCUT2D eigenvalue weighted by Crippen LogP contribution is -2.12. The zero-order chi connectivity index (χ0) is 20.3. The van der Waals surface area contributed by atoms with Gasteiger partial charge in [-0.2, -0.15) is 0 Å². The van der Waals surface area contributed by atoms with Crippen LogP contribution in [0.3, 0.4) is 0 Å². The Kier molecular flexibility index (Phi) is 5.39. The molecule has 3 aromatic rings. The van der Waals surface area contributed by atoms with E-state index in [0.717, 1.165) is 0 Å². The van der Waals surface area contributed by atoms with Crippen molar-refractivity contribution in [2.24, 2.45) is 0 Å². The standard InChI is InChI=1S/C20H18O8/c1-25-17-8-11(16(9-18(17)26-2)28-10-19(22)23)7-14(21)12-3-4-15-13(20(12)24)5-6-27-15/h3-6,8-9,24H,7,10H2,1-2H3,(H,22,23). The van der Waals surface area contributed by atoms with E-state index in [0.29, 0.717) is 28.0 Å². The van der Waals surface area contributed by atoms with Gasteiger partial charge in [0.2, 0.25) is 0 Å². The molecule has 0 aliphatic rings. The monoisotopic (exact) mass is 386 g/mol. The van der Waals surface area contributed by atoms with Crippen LogP contribution in [0.15, 0.2) is 41.0 Å².